The molecular weight excluding hydrogens is 294 g/mol. The number of piperidine rings is 1. The SMILES string of the molecule is CCc1ccc(CNS(=O)(=O)N2CCCCC2CN)s1. The van der Waals surface area contributed by atoms with E-state index in [-0.39, 0.29) is 6.04 Å². The van der Waals surface area contributed by atoms with E-state index in [0.29, 0.717) is 19.6 Å². The maximum absolute atomic E-state index is 12.4. The minimum absolute atomic E-state index is 0.0595. The second-order valence-corrected chi connectivity index (χ2v) is 8.00. The lowest BCUT2D eigenvalue weighted by Gasteiger charge is -2.33. The lowest BCUT2D eigenvalue weighted by molar-refractivity contribution is 0.254. The number of rotatable bonds is 6. The Labute approximate surface area is 125 Å². The van der Waals surface area contributed by atoms with Crippen molar-refractivity contribution in [1.82, 2.24) is 9.03 Å². The van der Waals surface area contributed by atoms with E-state index in [2.05, 4.69) is 17.7 Å². The van der Waals surface area contributed by atoms with E-state index in [1.807, 2.05) is 6.07 Å². The summed E-state index contributed by atoms with van der Waals surface area (Å²) in [7, 11) is -3.43. The molecule has 1 atom stereocenters. The normalized spacial score (nSPS) is 21.2. The molecule has 0 spiro atoms. The van der Waals surface area contributed by atoms with Crippen molar-refractivity contribution in [3.63, 3.8) is 0 Å². The number of nitrogens with one attached hydrogen (secondary N) is 1. The quantitative estimate of drug-likeness (QED) is 0.834. The van der Waals surface area contributed by atoms with E-state index in [1.54, 1.807) is 11.3 Å². The lowest BCUT2D eigenvalue weighted by atomic mass is 10.1. The topological polar surface area (TPSA) is 75.4 Å². The molecule has 3 N–H and O–H groups in total. The van der Waals surface area contributed by atoms with Crippen LogP contribution in [-0.2, 0) is 23.2 Å². The molecule has 7 heteroatoms. The standard InChI is InChI=1S/C13H23N3O2S2/c1-2-12-6-7-13(19-12)10-15-20(17,18)16-8-4-3-5-11(16)9-14/h6-7,11,15H,2-5,8-10,14H2,1H3. The van der Waals surface area contributed by atoms with Crippen molar-refractivity contribution >= 4 is 21.5 Å². The zero-order chi connectivity index (χ0) is 14.6. The van der Waals surface area contributed by atoms with Crippen molar-refractivity contribution in [2.45, 2.75) is 45.2 Å². The van der Waals surface area contributed by atoms with Gasteiger partial charge in [0.05, 0.1) is 0 Å². The highest BCUT2D eigenvalue weighted by Gasteiger charge is 2.31. The van der Waals surface area contributed by atoms with E-state index in [1.165, 1.54) is 9.18 Å². The number of aryl methyl sites for hydroxylation is 1. The van der Waals surface area contributed by atoms with Crippen LogP contribution in [0.25, 0.3) is 0 Å². The smallest absolute Gasteiger partial charge is 0.280 e. The summed E-state index contributed by atoms with van der Waals surface area (Å²) < 4.78 is 29.0. The molecular formula is C13H23N3O2S2. The molecule has 2 rings (SSSR count). The maximum Gasteiger partial charge on any atom is 0.280 e. The number of nitrogens with two attached hydrogens (primary N) is 1. The first kappa shape index (κ1) is 15.9. The van der Waals surface area contributed by atoms with Gasteiger partial charge in [0, 0.05) is 35.4 Å². The Morgan fingerprint density at radius 2 is 2.15 bits per heavy atom. The van der Waals surface area contributed by atoms with Gasteiger partial charge in [0.2, 0.25) is 0 Å². The molecule has 1 aromatic rings. The largest absolute Gasteiger partial charge is 0.329 e. The maximum atomic E-state index is 12.4. The molecule has 0 saturated carbocycles. The number of thiophene rings is 1. The highest BCUT2D eigenvalue weighted by Crippen LogP contribution is 2.20. The predicted octanol–water partition coefficient (Wildman–Crippen LogP) is 1.46. The lowest BCUT2D eigenvalue weighted by Crippen LogP contribution is -2.51. The van der Waals surface area contributed by atoms with Crippen LogP contribution in [0.15, 0.2) is 12.1 Å². The molecule has 1 aliphatic heterocycles. The van der Waals surface area contributed by atoms with Crippen LogP contribution in [0.5, 0.6) is 0 Å². The second-order valence-electron chi connectivity index (χ2n) is 5.04. The molecule has 0 aromatic carbocycles. The Kier molecular flexibility index (Phi) is 5.57. The molecule has 1 saturated heterocycles. The highest BCUT2D eigenvalue weighted by molar-refractivity contribution is 7.87. The van der Waals surface area contributed by atoms with Gasteiger partial charge in [-0.3, -0.25) is 0 Å². The minimum atomic E-state index is -3.43. The molecule has 0 amide bonds. The molecule has 1 fully saturated rings. The summed E-state index contributed by atoms with van der Waals surface area (Å²) >= 11 is 1.66. The summed E-state index contributed by atoms with van der Waals surface area (Å²) in [4.78, 5) is 2.32. The van der Waals surface area contributed by atoms with E-state index in [9.17, 15) is 8.42 Å². The third-order valence-corrected chi connectivity index (χ3v) is 6.49. The van der Waals surface area contributed by atoms with Crippen molar-refractivity contribution in [3.8, 4) is 0 Å². The minimum Gasteiger partial charge on any atom is -0.329 e. The van der Waals surface area contributed by atoms with Gasteiger partial charge < -0.3 is 5.73 Å². The molecule has 0 bridgehead atoms. The van der Waals surface area contributed by atoms with Gasteiger partial charge in [-0.05, 0) is 31.4 Å². The van der Waals surface area contributed by atoms with Crippen LogP contribution in [0.3, 0.4) is 0 Å². The molecule has 5 nitrogen and oxygen atoms in total. The average Bonchev–Trinajstić information content (AvgIpc) is 2.93. The zero-order valence-corrected chi connectivity index (χ0v) is 13.5. The van der Waals surface area contributed by atoms with Crippen LogP contribution in [0, 0.1) is 0 Å². The van der Waals surface area contributed by atoms with Crippen LogP contribution in [-0.4, -0.2) is 31.9 Å². The first-order chi connectivity index (χ1) is 9.56. The number of hydrogen-bond donors (Lipinski definition) is 2. The Hall–Kier alpha value is -0.470. The second kappa shape index (κ2) is 7.00. The van der Waals surface area contributed by atoms with Gasteiger partial charge in [-0.1, -0.05) is 13.3 Å². The Morgan fingerprint density at radius 1 is 1.40 bits per heavy atom. The van der Waals surface area contributed by atoms with Crippen LogP contribution >= 0.6 is 11.3 Å². The van der Waals surface area contributed by atoms with Crippen LogP contribution in [0.1, 0.15) is 35.9 Å². The summed E-state index contributed by atoms with van der Waals surface area (Å²) in [6.45, 7) is 3.42. The number of hydrogen-bond acceptors (Lipinski definition) is 4. The van der Waals surface area contributed by atoms with Gasteiger partial charge in [0.1, 0.15) is 0 Å². The fourth-order valence-corrected chi connectivity index (χ4v) is 4.92. The fourth-order valence-electron chi connectivity index (χ4n) is 2.48. The summed E-state index contributed by atoms with van der Waals surface area (Å²) in [5.41, 5.74) is 5.69. The summed E-state index contributed by atoms with van der Waals surface area (Å²) in [5.74, 6) is 0. The Morgan fingerprint density at radius 3 is 2.80 bits per heavy atom. The summed E-state index contributed by atoms with van der Waals surface area (Å²) in [5, 5.41) is 0. The van der Waals surface area contributed by atoms with E-state index in [0.717, 1.165) is 30.6 Å². The van der Waals surface area contributed by atoms with Crippen molar-refractivity contribution in [2.24, 2.45) is 5.73 Å². The van der Waals surface area contributed by atoms with Crippen molar-refractivity contribution in [3.05, 3.63) is 21.9 Å². The first-order valence-corrected chi connectivity index (χ1v) is 9.36. The molecule has 0 radical (unpaired) electrons. The Balaban J connectivity index is 1.99. The molecule has 20 heavy (non-hydrogen) atoms. The van der Waals surface area contributed by atoms with Gasteiger partial charge in [-0.15, -0.1) is 11.3 Å². The van der Waals surface area contributed by atoms with Gasteiger partial charge in [0.15, 0.2) is 0 Å². The van der Waals surface area contributed by atoms with Crippen molar-refractivity contribution in [1.29, 1.82) is 0 Å². The molecule has 1 aliphatic rings. The van der Waals surface area contributed by atoms with E-state index >= 15 is 0 Å². The molecule has 2 heterocycles. The monoisotopic (exact) mass is 317 g/mol. The molecule has 1 unspecified atom stereocenters. The highest BCUT2D eigenvalue weighted by atomic mass is 32.2. The third kappa shape index (κ3) is 3.79. The predicted molar refractivity (Wildman–Crippen MR) is 82.9 cm³/mol. The van der Waals surface area contributed by atoms with Gasteiger partial charge >= 0.3 is 0 Å². The first-order valence-electron chi connectivity index (χ1n) is 7.11. The number of nitrogens with zero attached hydrogens (tertiary/aromatic N) is 1. The third-order valence-electron chi connectivity index (χ3n) is 3.65. The van der Waals surface area contributed by atoms with Crippen molar-refractivity contribution in [2.75, 3.05) is 13.1 Å². The van der Waals surface area contributed by atoms with Gasteiger partial charge in [0.25, 0.3) is 10.2 Å². The van der Waals surface area contributed by atoms with Gasteiger partial charge in [-0.2, -0.15) is 17.4 Å². The average molecular weight is 317 g/mol. The van der Waals surface area contributed by atoms with Crippen molar-refractivity contribution < 1.29 is 8.42 Å². The molecule has 114 valence electrons. The Bertz CT molecular complexity index is 527. The van der Waals surface area contributed by atoms with Crippen LogP contribution in [0.4, 0.5) is 0 Å². The zero-order valence-electron chi connectivity index (χ0n) is 11.8. The molecule has 0 aliphatic carbocycles. The summed E-state index contributed by atoms with van der Waals surface area (Å²) in [6, 6.07) is 3.98. The van der Waals surface area contributed by atoms with Gasteiger partial charge in [-0.25, -0.2) is 0 Å². The summed E-state index contributed by atoms with van der Waals surface area (Å²) in [6.07, 6.45) is 3.81. The van der Waals surface area contributed by atoms with E-state index in [4.69, 9.17) is 5.73 Å². The van der Waals surface area contributed by atoms with Crippen LogP contribution < -0.4 is 10.5 Å². The van der Waals surface area contributed by atoms with E-state index < -0.39 is 10.2 Å². The molecule has 1 aromatic heterocycles. The van der Waals surface area contributed by atoms with Crippen LogP contribution in [0.2, 0.25) is 0 Å². The fraction of sp³-hybridized carbons (Fsp3) is 0.692.